The van der Waals surface area contributed by atoms with Crippen molar-refractivity contribution in [2.45, 2.75) is 43.5 Å². The molecule has 0 heterocycles. The molecule has 1 saturated carbocycles. The van der Waals surface area contributed by atoms with Gasteiger partial charge in [-0.3, -0.25) is 0 Å². The lowest BCUT2D eigenvalue weighted by molar-refractivity contribution is 0.230. The van der Waals surface area contributed by atoms with Crippen molar-refractivity contribution in [1.29, 1.82) is 0 Å². The minimum atomic E-state index is -3.47. The fourth-order valence-corrected chi connectivity index (χ4v) is 4.09. The number of benzene rings is 1. The van der Waals surface area contributed by atoms with Crippen molar-refractivity contribution in [2.75, 3.05) is 6.54 Å². The second-order valence-electron chi connectivity index (χ2n) is 5.21. The molecule has 0 bridgehead atoms. The molecule has 3 N–H and O–H groups in total. The van der Waals surface area contributed by atoms with Gasteiger partial charge in [-0.2, -0.15) is 0 Å². The minimum Gasteiger partial charge on any atom is -0.329 e. The number of hydrogen-bond donors (Lipinski definition) is 2. The maximum absolute atomic E-state index is 12.4. The quantitative estimate of drug-likeness (QED) is 0.868. The minimum absolute atomic E-state index is 0.354. The van der Waals surface area contributed by atoms with Crippen molar-refractivity contribution in [3.8, 4) is 0 Å². The molecule has 0 atom stereocenters. The third-order valence-electron chi connectivity index (χ3n) is 3.67. The second kappa shape index (κ2) is 4.64. The van der Waals surface area contributed by atoms with Crippen LogP contribution in [0.3, 0.4) is 0 Å². The molecule has 5 heteroatoms. The Morgan fingerprint density at radius 1 is 1.33 bits per heavy atom. The fraction of sp³-hybridized carbons (Fsp3) is 0.538. The molecule has 0 saturated heterocycles. The Morgan fingerprint density at radius 3 is 2.44 bits per heavy atom. The summed E-state index contributed by atoms with van der Waals surface area (Å²) in [5, 5.41) is 0. The number of nitrogens with two attached hydrogens (primary N) is 1. The van der Waals surface area contributed by atoms with Crippen LogP contribution in [-0.2, 0) is 10.0 Å². The van der Waals surface area contributed by atoms with E-state index < -0.39 is 15.6 Å². The summed E-state index contributed by atoms with van der Waals surface area (Å²) in [5.41, 5.74) is 7.10. The van der Waals surface area contributed by atoms with Crippen LogP contribution in [0.1, 0.15) is 30.4 Å². The molecule has 2 rings (SSSR count). The third-order valence-corrected chi connectivity index (χ3v) is 5.41. The van der Waals surface area contributed by atoms with E-state index in [-0.39, 0.29) is 0 Å². The van der Waals surface area contributed by atoms with Crippen LogP contribution in [0.4, 0.5) is 0 Å². The molecule has 1 aromatic carbocycles. The number of aryl methyl sites for hydroxylation is 2. The first-order valence-electron chi connectivity index (χ1n) is 6.20. The molecule has 1 fully saturated rings. The van der Waals surface area contributed by atoms with Crippen molar-refractivity contribution in [2.24, 2.45) is 5.73 Å². The molecular formula is C13H20N2O2S. The van der Waals surface area contributed by atoms with Gasteiger partial charge in [0.25, 0.3) is 0 Å². The van der Waals surface area contributed by atoms with Crippen LogP contribution in [0.5, 0.6) is 0 Å². The summed E-state index contributed by atoms with van der Waals surface area (Å²) in [6, 6.07) is 5.36. The first-order valence-corrected chi connectivity index (χ1v) is 7.68. The monoisotopic (exact) mass is 268 g/mol. The van der Waals surface area contributed by atoms with Gasteiger partial charge in [-0.05, 0) is 44.7 Å². The van der Waals surface area contributed by atoms with Gasteiger partial charge in [0.2, 0.25) is 10.0 Å². The lowest BCUT2D eigenvalue weighted by Crippen LogP contribution is -2.58. The zero-order chi connectivity index (χ0) is 13.4. The van der Waals surface area contributed by atoms with E-state index in [9.17, 15) is 8.42 Å². The zero-order valence-corrected chi connectivity index (χ0v) is 11.7. The molecule has 0 spiro atoms. The van der Waals surface area contributed by atoms with E-state index in [2.05, 4.69) is 4.72 Å². The molecule has 0 aliphatic heterocycles. The van der Waals surface area contributed by atoms with Crippen molar-refractivity contribution < 1.29 is 8.42 Å². The number of sulfonamides is 1. The number of nitrogens with one attached hydrogen (secondary N) is 1. The van der Waals surface area contributed by atoms with E-state index in [4.69, 9.17) is 5.73 Å². The van der Waals surface area contributed by atoms with E-state index >= 15 is 0 Å². The number of hydrogen-bond acceptors (Lipinski definition) is 3. The SMILES string of the molecule is Cc1ccc(S(=O)(=O)NC2(CN)CCC2)c(C)c1. The van der Waals surface area contributed by atoms with Crippen LogP contribution in [-0.4, -0.2) is 20.5 Å². The highest BCUT2D eigenvalue weighted by Gasteiger charge is 2.39. The predicted octanol–water partition coefficient (Wildman–Crippen LogP) is 1.46. The third kappa shape index (κ3) is 2.43. The van der Waals surface area contributed by atoms with Gasteiger partial charge < -0.3 is 5.73 Å². The highest BCUT2D eigenvalue weighted by molar-refractivity contribution is 7.89. The topological polar surface area (TPSA) is 72.2 Å². The summed E-state index contributed by atoms with van der Waals surface area (Å²) >= 11 is 0. The normalized spacial score (nSPS) is 18.4. The average Bonchev–Trinajstić information content (AvgIpc) is 2.23. The largest absolute Gasteiger partial charge is 0.329 e. The van der Waals surface area contributed by atoms with E-state index in [0.717, 1.165) is 30.4 Å². The van der Waals surface area contributed by atoms with Crippen molar-refractivity contribution in [3.63, 3.8) is 0 Å². The second-order valence-corrected chi connectivity index (χ2v) is 6.86. The number of rotatable bonds is 4. The Kier molecular flexibility index (Phi) is 3.49. The zero-order valence-electron chi connectivity index (χ0n) is 10.9. The van der Waals surface area contributed by atoms with Crippen LogP contribution in [0.25, 0.3) is 0 Å². The molecule has 0 unspecified atom stereocenters. The maximum atomic E-state index is 12.4. The van der Waals surface area contributed by atoms with Gasteiger partial charge in [0.05, 0.1) is 4.90 Å². The molecule has 1 aliphatic carbocycles. The van der Waals surface area contributed by atoms with Crippen LogP contribution in [0.2, 0.25) is 0 Å². The summed E-state index contributed by atoms with van der Waals surface area (Å²) in [6.45, 7) is 4.12. The van der Waals surface area contributed by atoms with Crippen molar-refractivity contribution in [3.05, 3.63) is 29.3 Å². The molecule has 1 aliphatic rings. The van der Waals surface area contributed by atoms with Crippen LogP contribution in [0.15, 0.2) is 23.1 Å². The fourth-order valence-electron chi connectivity index (χ4n) is 2.39. The summed E-state index contributed by atoms with van der Waals surface area (Å²) in [7, 11) is -3.47. The summed E-state index contributed by atoms with van der Waals surface area (Å²) in [5.74, 6) is 0. The first-order chi connectivity index (χ1) is 8.38. The van der Waals surface area contributed by atoms with Crippen LogP contribution >= 0.6 is 0 Å². The highest BCUT2D eigenvalue weighted by Crippen LogP contribution is 2.32. The van der Waals surface area contributed by atoms with Gasteiger partial charge in [0.1, 0.15) is 0 Å². The summed E-state index contributed by atoms with van der Waals surface area (Å²) in [6.07, 6.45) is 2.69. The molecule has 0 amide bonds. The standard InChI is InChI=1S/C13H20N2O2S/c1-10-4-5-12(11(2)8-10)18(16,17)15-13(9-14)6-3-7-13/h4-5,8,15H,3,6-7,9,14H2,1-2H3. The van der Waals surface area contributed by atoms with E-state index in [1.54, 1.807) is 6.07 Å². The first kappa shape index (κ1) is 13.5. The Bertz CT molecular complexity index is 543. The molecule has 0 radical (unpaired) electrons. The van der Waals surface area contributed by atoms with Gasteiger partial charge in [-0.15, -0.1) is 0 Å². The van der Waals surface area contributed by atoms with E-state index in [1.807, 2.05) is 26.0 Å². The predicted molar refractivity (Wildman–Crippen MR) is 71.9 cm³/mol. The molecule has 4 nitrogen and oxygen atoms in total. The van der Waals surface area contributed by atoms with Gasteiger partial charge in [0.15, 0.2) is 0 Å². The van der Waals surface area contributed by atoms with Crippen LogP contribution in [0, 0.1) is 13.8 Å². The lowest BCUT2D eigenvalue weighted by atomic mass is 9.78. The smallest absolute Gasteiger partial charge is 0.241 e. The maximum Gasteiger partial charge on any atom is 0.241 e. The molecular weight excluding hydrogens is 248 g/mol. The summed E-state index contributed by atoms with van der Waals surface area (Å²) < 4.78 is 27.5. The molecule has 0 aromatic heterocycles. The van der Waals surface area contributed by atoms with Gasteiger partial charge in [-0.1, -0.05) is 17.7 Å². The Balaban J connectivity index is 2.31. The average molecular weight is 268 g/mol. The van der Waals surface area contributed by atoms with E-state index in [1.165, 1.54) is 0 Å². The van der Waals surface area contributed by atoms with Crippen molar-refractivity contribution in [1.82, 2.24) is 4.72 Å². The van der Waals surface area contributed by atoms with Crippen LogP contribution < -0.4 is 10.5 Å². The molecule has 100 valence electrons. The molecule has 1 aromatic rings. The Hall–Kier alpha value is -0.910. The highest BCUT2D eigenvalue weighted by atomic mass is 32.2. The summed E-state index contributed by atoms with van der Waals surface area (Å²) in [4.78, 5) is 0.354. The molecule has 18 heavy (non-hydrogen) atoms. The Labute approximate surface area is 109 Å². The van der Waals surface area contributed by atoms with E-state index in [0.29, 0.717) is 11.4 Å². The van der Waals surface area contributed by atoms with Gasteiger partial charge in [0, 0.05) is 12.1 Å². The van der Waals surface area contributed by atoms with Crippen molar-refractivity contribution >= 4 is 10.0 Å². The van der Waals surface area contributed by atoms with Gasteiger partial charge >= 0.3 is 0 Å². The van der Waals surface area contributed by atoms with Gasteiger partial charge in [-0.25, -0.2) is 13.1 Å². The lowest BCUT2D eigenvalue weighted by Gasteiger charge is -2.41. The Morgan fingerprint density at radius 2 is 2.00 bits per heavy atom.